The highest BCUT2D eigenvalue weighted by molar-refractivity contribution is 6.60. The normalized spacial score (nSPS) is 13.2. The van der Waals surface area contributed by atoms with E-state index in [4.69, 9.17) is 18.8 Å². The quantitative estimate of drug-likeness (QED) is 0.272. The maximum absolute atomic E-state index is 8.37. The molecule has 0 bridgehead atoms. The molecule has 0 radical (unpaired) electrons. The molecule has 0 aliphatic heterocycles. The van der Waals surface area contributed by atoms with Gasteiger partial charge in [-0.15, -0.1) is 0 Å². The summed E-state index contributed by atoms with van der Waals surface area (Å²) in [7, 11) is -2.66. The van der Waals surface area contributed by atoms with Crippen molar-refractivity contribution in [3.8, 4) is 0 Å². The van der Waals surface area contributed by atoms with Crippen LogP contribution in [0.5, 0.6) is 0 Å². The van der Waals surface area contributed by atoms with Gasteiger partial charge in [-0.3, -0.25) is 0 Å². The Morgan fingerprint density at radius 2 is 1.56 bits per heavy atom. The van der Waals surface area contributed by atoms with E-state index in [1.165, 1.54) is 0 Å². The maximum atomic E-state index is 8.37. The standard InChI is InChI=1S/C9H21N3O3Si/c1-5-13-16(14-6-2,15-7-3)8-9(4)11-12-10/h9H,5-8H2,1-4H3. The molecule has 1 unspecified atom stereocenters. The second-order valence-electron chi connectivity index (χ2n) is 3.24. The fourth-order valence-electron chi connectivity index (χ4n) is 1.45. The van der Waals surface area contributed by atoms with E-state index >= 15 is 0 Å². The summed E-state index contributed by atoms with van der Waals surface area (Å²) < 4.78 is 16.9. The van der Waals surface area contributed by atoms with Crippen LogP contribution in [0, 0.1) is 0 Å². The molecule has 0 aromatic heterocycles. The first-order chi connectivity index (χ1) is 7.64. The van der Waals surface area contributed by atoms with Gasteiger partial charge in [0.25, 0.3) is 0 Å². The average molecular weight is 247 g/mol. The zero-order chi connectivity index (χ0) is 12.4. The van der Waals surface area contributed by atoms with Gasteiger partial charge in [-0.05, 0) is 26.3 Å². The average Bonchev–Trinajstić information content (AvgIpc) is 2.18. The van der Waals surface area contributed by atoms with E-state index in [1.54, 1.807) is 0 Å². The summed E-state index contributed by atoms with van der Waals surface area (Å²) in [5, 5.41) is 3.63. The second kappa shape index (κ2) is 8.55. The van der Waals surface area contributed by atoms with Crippen LogP contribution in [0.1, 0.15) is 27.7 Å². The monoisotopic (exact) mass is 247 g/mol. The Morgan fingerprint density at radius 3 is 1.88 bits per heavy atom. The van der Waals surface area contributed by atoms with Crippen molar-refractivity contribution in [2.45, 2.75) is 39.8 Å². The Kier molecular flexibility index (Phi) is 8.23. The molecule has 0 rings (SSSR count). The van der Waals surface area contributed by atoms with Crippen LogP contribution in [0.3, 0.4) is 0 Å². The molecule has 0 aromatic rings. The largest absolute Gasteiger partial charge is 0.501 e. The second-order valence-corrected chi connectivity index (χ2v) is 5.88. The van der Waals surface area contributed by atoms with E-state index in [1.807, 2.05) is 27.7 Å². The van der Waals surface area contributed by atoms with Crippen LogP contribution in [0.25, 0.3) is 10.4 Å². The topological polar surface area (TPSA) is 76.5 Å². The molecule has 0 heterocycles. The lowest BCUT2D eigenvalue weighted by molar-refractivity contribution is 0.0701. The van der Waals surface area contributed by atoms with E-state index in [9.17, 15) is 0 Å². The maximum Gasteiger partial charge on any atom is 0.501 e. The fraction of sp³-hybridized carbons (Fsp3) is 1.00. The van der Waals surface area contributed by atoms with Gasteiger partial charge in [0.1, 0.15) is 0 Å². The van der Waals surface area contributed by atoms with Gasteiger partial charge in [-0.2, -0.15) is 0 Å². The molecule has 0 fully saturated rings. The van der Waals surface area contributed by atoms with E-state index in [2.05, 4.69) is 10.0 Å². The molecule has 6 nitrogen and oxygen atoms in total. The van der Waals surface area contributed by atoms with Crippen molar-refractivity contribution < 1.29 is 13.3 Å². The van der Waals surface area contributed by atoms with Crippen molar-refractivity contribution in [2.24, 2.45) is 5.11 Å². The highest BCUT2D eigenvalue weighted by atomic mass is 28.4. The minimum absolute atomic E-state index is 0.179. The van der Waals surface area contributed by atoms with Gasteiger partial charge >= 0.3 is 8.80 Å². The van der Waals surface area contributed by atoms with Gasteiger partial charge in [-0.25, -0.2) is 0 Å². The van der Waals surface area contributed by atoms with Crippen LogP contribution < -0.4 is 0 Å². The van der Waals surface area contributed by atoms with Crippen molar-refractivity contribution >= 4 is 8.80 Å². The molecule has 0 aromatic carbocycles. The number of hydrogen-bond donors (Lipinski definition) is 0. The number of nitrogens with zero attached hydrogens (tertiary/aromatic N) is 3. The fourth-order valence-corrected chi connectivity index (χ4v) is 4.18. The Bertz CT molecular complexity index is 217. The van der Waals surface area contributed by atoms with Gasteiger partial charge in [0, 0.05) is 36.8 Å². The van der Waals surface area contributed by atoms with E-state index in [0.29, 0.717) is 25.9 Å². The predicted molar refractivity (Wildman–Crippen MR) is 64.0 cm³/mol. The van der Waals surface area contributed by atoms with Crippen molar-refractivity contribution in [3.05, 3.63) is 10.4 Å². The van der Waals surface area contributed by atoms with Crippen LogP contribution in [0.15, 0.2) is 5.11 Å². The number of rotatable bonds is 9. The molecule has 94 valence electrons. The first kappa shape index (κ1) is 15.4. The van der Waals surface area contributed by atoms with Crippen molar-refractivity contribution in [1.29, 1.82) is 0 Å². The predicted octanol–water partition coefficient (Wildman–Crippen LogP) is 2.73. The Balaban J connectivity index is 4.63. The zero-order valence-electron chi connectivity index (χ0n) is 10.5. The van der Waals surface area contributed by atoms with Crippen LogP contribution in [0.2, 0.25) is 6.04 Å². The van der Waals surface area contributed by atoms with E-state index in [0.717, 1.165) is 0 Å². The lowest BCUT2D eigenvalue weighted by Gasteiger charge is -2.29. The number of hydrogen-bond acceptors (Lipinski definition) is 4. The van der Waals surface area contributed by atoms with Gasteiger partial charge in [0.05, 0.1) is 0 Å². The molecule has 0 aliphatic rings. The van der Waals surface area contributed by atoms with Crippen LogP contribution in [0.4, 0.5) is 0 Å². The first-order valence-corrected chi connectivity index (χ1v) is 7.53. The molecule has 16 heavy (non-hydrogen) atoms. The molecule has 0 saturated carbocycles. The Labute approximate surface area is 97.9 Å². The molecule has 0 saturated heterocycles. The van der Waals surface area contributed by atoms with Crippen LogP contribution >= 0.6 is 0 Å². The summed E-state index contributed by atoms with van der Waals surface area (Å²) in [6.07, 6.45) is 0. The minimum atomic E-state index is -2.66. The third kappa shape index (κ3) is 5.48. The highest BCUT2D eigenvalue weighted by Gasteiger charge is 2.41. The number of azide groups is 1. The van der Waals surface area contributed by atoms with E-state index < -0.39 is 8.80 Å². The SMILES string of the molecule is CCO[Si](CC(C)N=[N+]=[N-])(OCC)OCC. The minimum Gasteiger partial charge on any atom is -0.374 e. The summed E-state index contributed by atoms with van der Waals surface area (Å²) in [5.41, 5.74) is 8.37. The molecular weight excluding hydrogens is 226 g/mol. The third-order valence-corrected chi connectivity index (χ3v) is 5.16. The molecular formula is C9H21N3O3Si. The smallest absolute Gasteiger partial charge is 0.374 e. The molecule has 0 amide bonds. The Morgan fingerprint density at radius 1 is 1.12 bits per heavy atom. The summed E-state index contributed by atoms with van der Waals surface area (Å²) in [6.45, 7) is 9.15. The van der Waals surface area contributed by atoms with Crippen molar-refractivity contribution in [1.82, 2.24) is 0 Å². The van der Waals surface area contributed by atoms with Crippen LogP contribution in [-0.2, 0) is 13.3 Å². The van der Waals surface area contributed by atoms with Gasteiger partial charge < -0.3 is 13.3 Å². The highest BCUT2D eigenvalue weighted by Crippen LogP contribution is 2.19. The summed E-state index contributed by atoms with van der Waals surface area (Å²) >= 11 is 0. The zero-order valence-corrected chi connectivity index (χ0v) is 11.5. The first-order valence-electron chi connectivity index (χ1n) is 5.60. The molecule has 0 aliphatic carbocycles. The summed E-state index contributed by atoms with van der Waals surface area (Å²) in [4.78, 5) is 2.78. The third-order valence-electron chi connectivity index (χ3n) is 1.89. The van der Waals surface area contributed by atoms with Crippen molar-refractivity contribution in [2.75, 3.05) is 19.8 Å². The summed E-state index contributed by atoms with van der Waals surface area (Å²) in [5.74, 6) is 0. The Hall–Kier alpha value is -0.593. The molecule has 7 heteroatoms. The van der Waals surface area contributed by atoms with E-state index in [-0.39, 0.29) is 6.04 Å². The lowest BCUT2D eigenvalue weighted by Crippen LogP contribution is -2.47. The van der Waals surface area contributed by atoms with Gasteiger partial charge in [-0.1, -0.05) is 12.0 Å². The molecule has 0 N–H and O–H groups in total. The molecule has 1 atom stereocenters. The lowest BCUT2D eigenvalue weighted by atomic mass is 10.4. The summed E-state index contributed by atoms with van der Waals surface area (Å²) in [6, 6.07) is 0.341. The van der Waals surface area contributed by atoms with Gasteiger partial charge in [0.15, 0.2) is 0 Å². The van der Waals surface area contributed by atoms with Crippen LogP contribution in [-0.4, -0.2) is 34.7 Å². The van der Waals surface area contributed by atoms with Gasteiger partial charge in [0.2, 0.25) is 0 Å². The van der Waals surface area contributed by atoms with Crippen molar-refractivity contribution in [3.63, 3.8) is 0 Å². The molecule has 0 spiro atoms.